The highest BCUT2D eigenvalue weighted by Crippen LogP contribution is 2.33. The smallest absolute Gasteiger partial charge is 0.223 e. The Morgan fingerprint density at radius 2 is 2.09 bits per heavy atom. The van der Waals surface area contributed by atoms with Gasteiger partial charge < -0.3 is 10.1 Å². The van der Waals surface area contributed by atoms with E-state index >= 15 is 0 Å². The van der Waals surface area contributed by atoms with Crippen LogP contribution in [-0.2, 0) is 16.1 Å². The van der Waals surface area contributed by atoms with Crippen LogP contribution in [0.1, 0.15) is 24.0 Å². The molecule has 4 nitrogen and oxygen atoms in total. The molecule has 0 aliphatic carbocycles. The van der Waals surface area contributed by atoms with Gasteiger partial charge in [0.25, 0.3) is 0 Å². The second-order valence-corrected chi connectivity index (χ2v) is 6.59. The predicted octanol–water partition coefficient (Wildman–Crippen LogP) is 1.97. The van der Waals surface area contributed by atoms with Gasteiger partial charge in [-0.05, 0) is 25.3 Å². The molecule has 22 heavy (non-hydrogen) atoms. The number of nitrogens with zero attached hydrogens (tertiary/aromatic N) is 1. The van der Waals surface area contributed by atoms with Gasteiger partial charge in [0.1, 0.15) is 0 Å². The molecule has 0 saturated carbocycles. The molecule has 1 N–H and O–H groups in total. The molecule has 2 heterocycles. The summed E-state index contributed by atoms with van der Waals surface area (Å²) in [4.78, 5) is 14.6. The van der Waals surface area contributed by atoms with Crippen molar-refractivity contribution in [3.05, 3.63) is 35.4 Å². The Kier molecular flexibility index (Phi) is 4.79. The molecule has 1 aromatic carbocycles. The fourth-order valence-electron chi connectivity index (χ4n) is 3.79. The first kappa shape index (κ1) is 15.5. The number of piperidine rings is 1. The van der Waals surface area contributed by atoms with Crippen LogP contribution in [0.3, 0.4) is 0 Å². The van der Waals surface area contributed by atoms with E-state index in [1.165, 1.54) is 11.1 Å². The molecule has 2 aliphatic heterocycles. The SMILES string of the molecule is CNC(=O)[C@@H]1CCO[C@@H]2CCN(Cc3ccc(C)cc3)C[C@H]21. The fraction of sp³-hybridized carbons (Fsp3) is 0.611. The first-order chi connectivity index (χ1) is 10.7. The number of rotatable bonds is 3. The Balaban J connectivity index is 1.66. The first-order valence-electron chi connectivity index (χ1n) is 8.28. The number of carbonyl (C=O) groups excluding carboxylic acids is 1. The summed E-state index contributed by atoms with van der Waals surface area (Å²) in [5.74, 6) is 0.605. The van der Waals surface area contributed by atoms with Gasteiger partial charge in [-0.15, -0.1) is 0 Å². The zero-order chi connectivity index (χ0) is 15.5. The van der Waals surface area contributed by atoms with E-state index in [4.69, 9.17) is 4.74 Å². The third-order valence-corrected chi connectivity index (χ3v) is 5.06. The van der Waals surface area contributed by atoms with E-state index in [0.29, 0.717) is 5.92 Å². The lowest BCUT2D eigenvalue weighted by molar-refractivity contribution is -0.141. The molecule has 3 atom stereocenters. The van der Waals surface area contributed by atoms with Crippen LogP contribution in [0.5, 0.6) is 0 Å². The van der Waals surface area contributed by atoms with E-state index in [-0.39, 0.29) is 17.9 Å². The van der Waals surface area contributed by atoms with Crippen LogP contribution in [0.2, 0.25) is 0 Å². The van der Waals surface area contributed by atoms with E-state index < -0.39 is 0 Å². The average molecular weight is 302 g/mol. The summed E-state index contributed by atoms with van der Waals surface area (Å²) in [6.45, 7) is 5.80. The minimum atomic E-state index is 0.101. The highest BCUT2D eigenvalue weighted by atomic mass is 16.5. The van der Waals surface area contributed by atoms with E-state index in [1.54, 1.807) is 7.05 Å². The molecule has 0 unspecified atom stereocenters. The summed E-state index contributed by atoms with van der Waals surface area (Å²) in [7, 11) is 1.74. The van der Waals surface area contributed by atoms with Crippen LogP contribution in [0.15, 0.2) is 24.3 Å². The number of aryl methyl sites for hydroxylation is 1. The van der Waals surface area contributed by atoms with E-state index in [9.17, 15) is 4.79 Å². The Morgan fingerprint density at radius 1 is 1.32 bits per heavy atom. The van der Waals surface area contributed by atoms with Crippen LogP contribution in [0.4, 0.5) is 0 Å². The highest BCUT2D eigenvalue weighted by Gasteiger charge is 2.41. The summed E-state index contributed by atoms with van der Waals surface area (Å²) in [6.07, 6.45) is 2.13. The maximum atomic E-state index is 12.1. The molecule has 0 aromatic heterocycles. The zero-order valence-corrected chi connectivity index (χ0v) is 13.5. The lowest BCUT2D eigenvalue weighted by Crippen LogP contribution is -2.52. The van der Waals surface area contributed by atoms with Crippen molar-refractivity contribution in [2.75, 3.05) is 26.7 Å². The molecule has 2 saturated heterocycles. The van der Waals surface area contributed by atoms with Crippen molar-refractivity contribution < 1.29 is 9.53 Å². The molecule has 120 valence electrons. The van der Waals surface area contributed by atoms with Gasteiger partial charge >= 0.3 is 0 Å². The number of carbonyl (C=O) groups is 1. The van der Waals surface area contributed by atoms with Crippen LogP contribution < -0.4 is 5.32 Å². The van der Waals surface area contributed by atoms with Crippen molar-refractivity contribution in [1.29, 1.82) is 0 Å². The number of nitrogens with one attached hydrogen (secondary N) is 1. The maximum absolute atomic E-state index is 12.1. The van der Waals surface area contributed by atoms with Gasteiger partial charge in [0, 0.05) is 45.1 Å². The topological polar surface area (TPSA) is 41.6 Å². The van der Waals surface area contributed by atoms with Crippen molar-refractivity contribution in [3.8, 4) is 0 Å². The third-order valence-electron chi connectivity index (χ3n) is 5.06. The lowest BCUT2D eigenvalue weighted by Gasteiger charge is -2.44. The van der Waals surface area contributed by atoms with E-state index in [2.05, 4.69) is 41.4 Å². The number of amides is 1. The number of hydrogen-bond donors (Lipinski definition) is 1. The maximum Gasteiger partial charge on any atom is 0.223 e. The van der Waals surface area contributed by atoms with Crippen molar-refractivity contribution >= 4 is 5.91 Å². The summed E-state index contributed by atoms with van der Waals surface area (Å²) in [5, 5.41) is 2.83. The van der Waals surface area contributed by atoms with Crippen molar-refractivity contribution in [2.24, 2.45) is 11.8 Å². The van der Waals surface area contributed by atoms with Gasteiger partial charge in [-0.25, -0.2) is 0 Å². The molecule has 4 heteroatoms. The number of ether oxygens (including phenoxy) is 1. The van der Waals surface area contributed by atoms with Gasteiger partial charge in [0.2, 0.25) is 5.91 Å². The van der Waals surface area contributed by atoms with Crippen LogP contribution in [0, 0.1) is 18.8 Å². The second-order valence-electron chi connectivity index (χ2n) is 6.59. The summed E-state index contributed by atoms with van der Waals surface area (Å²) < 4.78 is 5.91. The van der Waals surface area contributed by atoms with Gasteiger partial charge in [-0.3, -0.25) is 9.69 Å². The minimum absolute atomic E-state index is 0.101. The molecule has 3 rings (SSSR count). The summed E-state index contributed by atoms with van der Waals surface area (Å²) in [5.41, 5.74) is 2.64. The largest absolute Gasteiger partial charge is 0.378 e. The van der Waals surface area contributed by atoms with Crippen LogP contribution >= 0.6 is 0 Å². The van der Waals surface area contributed by atoms with Crippen LogP contribution in [-0.4, -0.2) is 43.7 Å². The molecular weight excluding hydrogens is 276 g/mol. The normalized spacial score (nSPS) is 28.9. The highest BCUT2D eigenvalue weighted by molar-refractivity contribution is 5.78. The number of fused-ring (bicyclic) bond motifs is 1. The quantitative estimate of drug-likeness (QED) is 0.928. The van der Waals surface area contributed by atoms with Gasteiger partial charge in [0.05, 0.1) is 6.10 Å². The second kappa shape index (κ2) is 6.80. The predicted molar refractivity (Wildman–Crippen MR) is 86.5 cm³/mol. The zero-order valence-electron chi connectivity index (χ0n) is 13.5. The van der Waals surface area contributed by atoms with Crippen molar-refractivity contribution in [2.45, 2.75) is 32.4 Å². The van der Waals surface area contributed by atoms with Crippen LogP contribution in [0.25, 0.3) is 0 Å². The molecule has 1 aromatic rings. The summed E-state index contributed by atoms with van der Waals surface area (Å²) in [6, 6.07) is 8.74. The summed E-state index contributed by atoms with van der Waals surface area (Å²) >= 11 is 0. The van der Waals surface area contributed by atoms with Crippen molar-refractivity contribution in [3.63, 3.8) is 0 Å². The Bertz CT molecular complexity index is 514. The lowest BCUT2D eigenvalue weighted by atomic mass is 9.79. The average Bonchev–Trinajstić information content (AvgIpc) is 2.55. The number of likely N-dealkylation sites (tertiary alicyclic amines) is 1. The van der Waals surface area contributed by atoms with Gasteiger partial charge in [-0.1, -0.05) is 29.8 Å². The monoisotopic (exact) mass is 302 g/mol. The first-order valence-corrected chi connectivity index (χ1v) is 8.28. The standard InChI is InChI=1S/C18H26N2O2/c1-13-3-5-14(6-4-13)11-20-9-7-17-16(12-20)15(8-10-22-17)18(21)19-2/h3-6,15-17H,7-12H2,1-2H3,(H,19,21)/t15-,16+,17-/m1/s1. The molecule has 0 radical (unpaired) electrons. The van der Waals surface area contributed by atoms with Gasteiger partial charge in [0.15, 0.2) is 0 Å². The molecule has 0 bridgehead atoms. The number of hydrogen-bond acceptors (Lipinski definition) is 3. The molecule has 0 spiro atoms. The fourth-order valence-corrected chi connectivity index (χ4v) is 3.79. The van der Waals surface area contributed by atoms with E-state index in [1.807, 2.05) is 0 Å². The Labute approximate surface area is 132 Å². The molecule has 1 amide bonds. The van der Waals surface area contributed by atoms with Gasteiger partial charge in [-0.2, -0.15) is 0 Å². The van der Waals surface area contributed by atoms with Crippen molar-refractivity contribution in [1.82, 2.24) is 10.2 Å². The molecule has 2 aliphatic rings. The molecular formula is C18H26N2O2. The number of benzene rings is 1. The molecule has 2 fully saturated rings. The van der Waals surface area contributed by atoms with E-state index in [0.717, 1.165) is 39.1 Å². The Hall–Kier alpha value is -1.39. The Morgan fingerprint density at radius 3 is 2.82 bits per heavy atom. The minimum Gasteiger partial charge on any atom is -0.378 e. The third kappa shape index (κ3) is 3.33.